The number of rotatable bonds is 5. The number of hydrogen-bond donors (Lipinski definition) is 0. The summed E-state index contributed by atoms with van der Waals surface area (Å²) in [6.45, 7) is 5.23. The van der Waals surface area contributed by atoms with E-state index in [1.807, 2.05) is 0 Å². The van der Waals surface area contributed by atoms with Crippen molar-refractivity contribution < 1.29 is 9.59 Å². The van der Waals surface area contributed by atoms with E-state index in [2.05, 4.69) is 6.92 Å². The molecule has 0 spiro atoms. The first-order chi connectivity index (χ1) is 5.09. The van der Waals surface area contributed by atoms with Gasteiger partial charge in [-0.2, -0.15) is 0 Å². The van der Waals surface area contributed by atoms with E-state index in [1.54, 1.807) is 13.8 Å². The zero-order chi connectivity index (χ0) is 8.85. The molecule has 0 aromatic carbocycles. The Labute approximate surface area is 75.1 Å². The van der Waals surface area contributed by atoms with E-state index in [9.17, 15) is 9.59 Å². The molecular weight excluding hydrogens is 247 g/mol. The molecule has 0 saturated carbocycles. The predicted molar refractivity (Wildman–Crippen MR) is 46.8 cm³/mol. The number of unbranched alkanes of at least 4 members (excludes halogenated alkanes) is 1. The van der Waals surface area contributed by atoms with Gasteiger partial charge in [0.1, 0.15) is 0 Å². The van der Waals surface area contributed by atoms with Gasteiger partial charge in [-0.1, -0.05) is 0 Å². The van der Waals surface area contributed by atoms with Crippen LogP contribution in [0.2, 0.25) is 4.44 Å². The van der Waals surface area contributed by atoms with Gasteiger partial charge in [0.25, 0.3) is 0 Å². The van der Waals surface area contributed by atoms with Gasteiger partial charge in [0.2, 0.25) is 0 Å². The van der Waals surface area contributed by atoms with Crippen molar-refractivity contribution in [3.63, 3.8) is 0 Å². The molecule has 2 nitrogen and oxygen atoms in total. The van der Waals surface area contributed by atoms with Gasteiger partial charge in [0.05, 0.1) is 0 Å². The summed E-state index contributed by atoms with van der Waals surface area (Å²) in [6, 6.07) is 0. The Kier molecular flexibility index (Phi) is 5.82. The van der Waals surface area contributed by atoms with E-state index in [1.165, 1.54) is 0 Å². The van der Waals surface area contributed by atoms with E-state index >= 15 is 0 Å². The molecule has 0 aliphatic rings. The van der Waals surface area contributed by atoms with Crippen LogP contribution in [0.1, 0.15) is 33.6 Å². The summed E-state index contributed by atoms with van der Waals surface area (Å²) in [4.78, 5) is 21.9. The summed E-state index contributed by atoms with van der Waals surface area (Å²) in [5, 5.41) is 0. The molecule has 0 aliphatic carbocycles. The quantitative estimate of drug-likeness (QED) is 0.704. The summed E-state index contributed by atoms with van der Waals surface area (Å²) in [5.74, 6) is 0. The van der Waals surface area contributed by atoms with Gasteiger partial charge in [-0.05, 0) is 0 Å². The third-order valence-corrected chi connectivity index (χ3v) is 8.92. The molecule has 0 unspecified atom stereocenters. The van der Waals surface area contributed by atoms with E-state index in [4.69, 9.17) is 0 Å². The molecule has 11 heavy (non-hydrogen) atoms. The number of carbonyl (C=O) groups is 2. The number of hydrogen-bond acceptors (Lipinski definition) is 2. The van der Waals surface area contributed by atoms with Crippen LogP contribution >= 0.6 is 0 Å². The molecule has 0 aliphatic heterocycles. The van der Waals surface area contributed by atoms with Crippen LogP contribution < -0.4 is 0 Å². The van der Waals surface area contributed by atoms with Gasteiger partial charge in [0.15, 0.2) is 0 Å². The monoisotopic (exact) mass is 263 g/mol. The molecule has 0 N–H and O–H groups in total. The Morgan fingerprint density at radius 2 is 1.64 bits per heavy atom. The first-order valence-corrected chi connectivity index (χ1v) is 8.84. The van der Waals surface area contributed by atoms with E-state index in [-0.39, 0.29) is 7.60 Å². The third kappa shape index (κ3) is 4.56. The zero-order valence-electron chi connectivity index (χ0n) is 7.44. The van der Waals surface area contributed by atoms with Gasteiger partial charge < -0.3 is 0 Å². The second-order valence-electron chi connectivity index (χ2n) is 2.69. The molecule has 0 atom stereocenters. The Morgan fingerprint density at radius 1 is 1.18 bits per heavy atom. The van der Waals surface area contributed by atoms with Gasteiger partial charge in [0, 0.05) is 0 Å². The van der Waals surface area contributed by atoms with Crippen molar-refractivity contribution >= 4 is 27.4 Å². The molecule has 63 valence electrons. The third-order valence-electron chi connectivity index (χ3n) is 1.63. The molecule has 0 aromatic heterocycles. The van der Waals surface area contributed by atoms with Crippen molar-refractivity contribution in [3.05, 3.63) is 0 Å². The Hall–Kier alpha value is 0.139. The van der Waals surface area contributed by atoms with Crippen molar-refractivity contribution in [1.29, 1.82) is 0 Å². The topological polar surface area (TPSA) is 34.1 Å². The average molecular weight is 262 g/mol. The summed E-state index contributed by atoms with van der Waals surface area (Å²) in [6.07, 6.45) is 2.14. The summed E-state index contributed by atoms with van der Waals surface area (Å²) in [5.41, 5.74) is 0. The maximum atomic E-state index is 11.0. The summed E-state index contributed by atoms with van der Waals surface area (Å²) in [7, 11) is 0. The standard InChI is InChI=1S/C4H9.2C2H3O.Sn/c1-3-4-2;2*1-2-3;/h1,3-4H2,2H3;2*1H3;. The van der Waals surface area contributed by atoms with Crippen LogP contribution in [0.4, 0.5) is 0 Å². The average Bonchev–Trinajstić information content (AvgIpc) is 1.87. The first-order valence-electron chi connectivity index (χ1n) is 3.97. The maximum absolute atomic E-state index is 11.0. The second kappa shape index (κ2) is 5.75. The van der Waals surface area contributed by atoms with E-state index in [0.29, 0.717) is 0 Å². The molecule has 0 rings (SSSR count). The molecular formula is C8H15O2Sn. The fraction of sp³-hybridized carbons (Fsp3) is 0.750. The zero-order valence-corrected chi connectivity index (χ0v) is 10.3. The summed E-state index contributed by atoms with van der Waals surface area (Å²) < 4.78 is 1.32. The summed E-state index contributed by atoms with van der Waals surface area (Å²) >= 11 is -2.23. The molecule has 0 saturated heterocycles. The molecule has 0 aromatic rings. The molecule has 0 amide bonds. The van der Waals surface area contributed by atoms with Crippen LogP contribution in [0.3, 0.4) is 0 Å². The van der Waals surface area contributed by atoms with E-state index < -0.39 is 19.8 Å². The van der Waals surface area contributed by atoms with Crippen LogP contribution in [-0.2, 0) is 9.59 Å². The second-order valence-corrected chi connectivity index (χ2v) is 10.9. The van der Waals surface area contributed by atoms with Crippen molar-refractivity contribution in [2.45, 2.75) is 38.0 Å². The fourth-order valence-corrected chi connectivity index (χ4v) is 6.40. The van der Waals surface area contributed by atoms with Crippen LogP contribution in [0.15, 0.2) is 0 Å². The molecule has 0 bridgehead atoms. The number of carbonyl (C=O) groups excluding carboxylic acids is 2. The molecule has 3 heteroatoms. The minimum absolute atomic E-state index is 0.202. The fourth-order valence-electron chi connectivity index (χ4n) is 0.954. The first kappa shape index (κ1) is 11.1. The Bertz CT molecular complexity index is 140. The Balaban J connectivity index is 3.90. The predicted octanol–water partition coefficient (Wildman–Crippen LogP) is 1.54. The van der Waals surface area contributed by atoms with Crippen molar-refractivity contribution in [2.24, 2.45) is 0 Å². The van der Waals surface area contributed by atoms with Gasteiger partial charge >= 0.3 is 75.0 Å². The van der Waals surface area contributed by atoms with Crippen LogP contribution in [0.5, 0.6) is 0 Å². The minimum atomic E-state index is -2.23. The Morgan fingerprint density at radius 3 is 1.91 bits per heavy atom. The van der Waals surface area contributed by atoms with Gasteiger partial charge in [-0.3, -0.25) is 0 Å². The van der Waals surface area contributed by atoms with Crippen molar-refractivity contribution in [1.82, 2.24) is 0 Å². The van der Waals surface area contributed by atoms with Crippen LogP contribution in [-0.4, -0.2) is 27.4 Å². The molecule has 1 radical (unpaired) electrons. The molecule has 0 fully saturated rings. The van der Waals surface area contributed by atoms with Crippen molar-refractivity contribution in [2.75, 3.05) is 0 Å². The van der Waals surface area contributed by atoms with Gasteiger partial charge in [-0.25, -0.2) is 0 Å². The van der Waals surface area contributed by atoms with E-state index in [0.717, 1.165) is 17.3 Å². The SMILES string of the molecule is CCC[CH2][Sn]([C](C)=O)[C](C)=O. The normalized spacial score (nSPS) is 10.2. The van der Waals surface area contributed by atoms with Crippen molar-refractivity contribution in [3.8, 4) is 0 Å². The van der Waals surface area contributed by atoms with Crippen LogP contribution in [0, 0.1) is 0 Å². The van der Waals surface area contributed by atoms with Crippen LogP contribution in [0.25, 0.3) is 0 Å². The van der Waals surface area contributed by atoms with Gasteiger partial charge in [-0.15, -0.1) is 0 Å². The molecule has 0 heterocycles.